The Kier molecular flexibility index (Phi) is 9.27. The normalized spacial score (nSPS) is 10.6. The molecule has 2 amide bonds. The van der Waals surface area contributed by atoms with E-state index in [0.717, 1.165) is 11.1 Å². The third-order valence-electron chi connectivity index (χ3n) is 6.42. The maximum Gasteiger partial charge on any atom is 0.339 e. The zero-order valence-corrected chi connectivity index (χ0v) is 22.9. The van der Waals surface area contributed by atoms with E-state index in [4.69, 9.17) is 15.9 Å². The van der Waals surface area contributed by atoms with Gasteiger partial charge in [0.05, 0.1) is 5.56 Å². The minimum Gasteiger partial charge on any atom is -0.457 e. The smallest absolute Gasteiger partial charge is 0.339 e. The van der Waals surface area contributed by atoms with Gasteiger partial charge in [-0.1, -0.05) is 74.5 Å². The summed E-state index contributed by atoms with van der Waals surface area (Å²) < 4.78 is 5.67. The predicted molar refractivity (Wildman–Crippen MR) is 160 cm³/mol. The lowest BCUT2D eigenvalue weighted by Crippen LogP contribution is -2.27. The molecule has 8 nitrogen and oxygen atoms in total. The summed E-state index contributed by atoms with van der Waals surface area (Å²) in [6, 6.07) is 28.3. The van der Waals surface area contributed by atoms with E-state index >= 15 is 0 Å². The summed E-state index contributed by atoms with van der Waals surface area (Å²) in [5.41, 5.74) is 9.90. The Bertz CT molecular complexity index is 1560. The number of esters is 1. The summed E-state index contributed by atoms with van der Waals surface area (Å²) in [4.78, 5) is 39.0. The number of hydrogen-bond donors (Lipinski definition) is 4. The maximum absolute atomic E-state index is 13.4. The molecule has 0 aliphatic rings. The minimum absolute atomic E-state index is 0.0629. The van der Waals surface area contributed by atoms with Crippen LogP contribution in [0.5, 0.6) is 0 Å². The van der Waals surface area contributed by atoms with Gasteiger partial charge in [0, 0.05) is 29.3 Å². The molecule has 0 atom stereocenters. The molecule has 208 valence electrons. The number of rotatable bonds is 10. The van der Waals surface area contributed by atoms with E-state index in [1.165, 1.54) is 0 Å². The molecule has 0 aliphatic heterocycles. The van der Waals surface area contributed by atoms with Crippen LogP contribution in [0.15, 0.2) is 97.1 Å². The van der Waals surface area contributed by atoms with E-state index in [1.807, 2.05) is 50.2 Å². The molecular formula is C33H32N4O4. The van der Waals surface area contributed by atoms with E-state index in [0.29, 0.717) is 27.9 Å². The van der Waals surface area contributed by atoms with Crippen LogP contribution in [0.4, 0.5) is 5.69 Å². The topological polar surface area (TPSA) is 134 Å². The van der Waals surface area contributed by atoms with E-state index in [2.05, 4.69) is 10.6 Å². The van der Waals surface area contributed by atoms with Crippen molar-refractivity contribution in [2.45, 2.75) is 27.0 Å². The molecule has 0 spiro atoms. The molecular weight excluding hydrogens is 516 g/mol. The molecule has 0 radical (unpaired) electrons. The van der Waals surface area contributed by atoms with Crippen molar-refractivity contribution in [3.63, 3.8) is 0 Å². The van der Waals surface area contributed by atoms with Crippen molar-refractivity contribution in [3.8, 4) is 11.1 Å². The van der Waals surface area contributed by atoms with Gasteiger partial charge in [-0.15, -0.1) is 0 Å². The first kappa shape index (κ1) is 28.8. The fraction of sp³-hybridized carbons (Fsp3) is 0.152. The van der Waals surface area contributed by atoms with Crippen molar-refractivity contribution in [1.82, 2.24) is 5.32 Å². The lowest BCUT2D eigenvalue weighted by Gasteiger charge is -2.16. The summed E-state index contributed by atoms with van der Waals surface area (Å²) in [5, 5.41) is 13.3. The van der Waals surface area contributed by atoms with E-state index < -0.39 is 5.97 Å². The van der Waals surface area contributed by atoms with Crippen molar-refractivity contribution < 1.29 is 19.1 Å². The number of carbonyl (C=O) groups excluding carboxylic acids is 3. The Morgan fingerprint density at radius 3 is 2.15 bits per heavy atom. The monoisotopic (exact) mass is 548 g/mol. The molecule has 4 aromatic rings. The maximum atomic E-state index is 13.4. The number of ether oxygens (including phenoxy) is 1. The minimum atomic E-state index is -0.545. The lowest BCUT2D eigenvalue weighted by molar-refractivity contribution is -0.124. The highest BCUT2D eigenvalue weighted by atomic mass is 16.5. The van der Waals surface area contributed by atoms with Crippen LogP contribution < -0.4 is 16.4 Å². The highest BCUT2D eigenvalue weighted by molar-refractivity contribution is 6.10. The Labute approximate surface area is 239 Å². The summed E-state index contributed by atoms with van der Waals surface area (Å²) in [5.74, 6) is -1.25. The van der Waals surface area contributed by atoms with E-state index in [-0.39, 0.29) is 42.3 Å². The number of hydrogen-bond acceptors (Lipinski definition) is 5. The Hall–Kier alpha value is -5.24. The zero-order valence-electron chi connectivity index (χ0n) is 22.9. The molecule has 5 N–H and O–H groups in total. The van der Waals surface area contributed by atoms with Gasteiger partial charge in [0.2, 0.25) is 5.91 Å². The van der Waals surface area contributed by atoms with Gasteiger partial charge in [0.1, 0.15) is 12.4 Å². The second-order valence-electron chi connectivity index (χ2n) is 9.80. The van der Waals surface area contributed by atoms with Gasteiger partial charge in [-0.3, -0.25) is 15.0 Å². The van der Waals surface area contributed by atoms with Gasteiger partial charge in [0.15, 0.2) is 0 Å². The van der Waals surface area contributed by atoms with Crippen molar-refractivity contribution in [2.75, 3.05) is 5.32 Å². The number of anilines is 1. The standard InChI is InChI=1S/C33H32N4O4/c1-21(2)31(38)36-19-23-12-17-27(29(18-23)33(40)41-20-22-8-4-3-5-9-22)26-10-6-7-11-28(26)32(39)37-25-15-13-24(14-16-25)30(34)35/h3-18,21H,19-20H2,1-2H3,(H3,34,35)(H,36,38)(H,37,39). The first-order valence-electron chi connectivity index (χ1n) is 13.2. The number of nitrogens with one attached hydrogen (secondary N) is 3. The van der Waals surface area contributed by atoms with Gasteiger partial charge in [-0.25, -0.2) is 4.79 Å². The lowest BCUT2D eigenvalue weighted by atomic mass is 9.93. The van der Waals surface area contributed by atoms with Crippen LogP contribution in [0.1, 0.15) is 51.3 Å². The van der Waals surface area contributed by atoms with Crippen LogP contribution in [0.25, 0.3) is 11.1 Å². The van der Waals surface area contributed by atoms with E-state index in [1.54, 1.807) is 60.7 Å². The van der Waals surface area contributed by atoms with Crippen molar-refractivity contribution >= 4 is 29.3 Å². The number of benzene rings is 4. The average Bonchev–Trinajstić information content (AvgIpc) is 2.99. The van der Waals surface area contributed by atoms with Crippen LogP contribution >= 0.6 is 0 Å². The van der Waals surface area contributed by atoms with Crippen LogP contribution in [0.2, 0.25) is 0 Å². The van der Waals surface area contributed by atoms with Crippen molar-refractivity contribution in [2.24, 2.45) is 11.7 Å². The summed E-state index contributed by atoms with van der Waals surface area (Å²) in [6.45, 7) is 3.95. The predicted octanol–water partition coefficient (Wildman–Crippen LogP) is 5.52. The molecule has 0 fully saturated rings. The molecule has 0 bridgehead atoms. The third kappa shape index (κ3) is 7.45. The summed E-state index contributed by atoms with van der Waals surface area (Å²) >= 11 is 0. The number of nitrogens with two attached hydrogens (primary N) is 1. The Morgan fingerprint density at radius 1 is 0.805 bits per heavy atom. The van der Waals surface area contributed by atoms with Gasteiger partial charge in [-0.2, -0.15) is 0 Å². The molecule has 8 heteroatoms. The largest absolute Gasteiger partial charge is 0.457 e. The van der Waals surface area contributed by atoms with Crippen LogP contribution in [-0.4, -0.2) is 23.6 Å². The second kappa shape index (κ2) is 13.2. The van der Waals surface area contributed by atoms with Crippen molar-refractivity contribution in [1.29, 1.82) is 5.41 Å². The number of amidine groups is 1. The van der Waals surface area contributed by atoms with Crippen molar-refractivity contribution in [3.05, 3.63) is 125 Å². The summed E-state index contributed by atoms with van der Waals surface area (Å²) in [7, 11) is 0. The first-order valence-corrected chi connectivity index (χ1v) is 13.2. The first-order chi connectivity index (χ1) is 19.7. The molecule has 0 saturated carbocycles. The van der Waals surface area contributed by atoms with Gasteiger partial charge >= 0.3 is 5.97 Å². The highest BCUT2D eigenvalue weighted by Crippen LogP contribution is 2.30. The molecule has 0 aromatic heterocycles. The molecule has 0 unspecified atom stereocenters. The quantitative estimate of drug-likeness (QED) is 0.118. The Balaban J connectivity index is 1.66. The van der Waals surface area contributed by atoms with Gasteiger partial charge in [0.25, 0.3) is 5.91 Å². The molecule has 0 heterocycles. The molecule has 4 aromatic carbocycles. The van der Waals surface area contributed by atoms with Gasteiger partial charge in [-0.05, 0) is 58.7 Å². The summed E-state index contributed by atoms with van der Waals surface area (Å²) in [6.07, 6.45) is 0. The van der Waals surface area contributed by atoms with Crippen LogP contribution in [0.3, 0.4) is 0 Å². The SMILES string of the molecule is CC(C)C(=O)NCc1ccc(-c2ccccc2C(=O)Nc2ccc(C(=N)N)cc2)c(C(=O)OCc2ccccc2)c1. The number of nitrogen functional groups attached to an aromatic ring is 1. The van der Waals surface area contributed by atoms with E-state index in [9.17, 15) is 14.4 Å². The van der Waals surface area contributed by atoms with Crippen LogP contribution in [-0.2, 0) is 22.7 Å². The van der Waals surface area contributed by atoms with Crippen LogP contribution in [0, 0.1) is 11.3 Å². The average molecular weight is 549 g/mol. The molecule has 0 aliphatic carbocycles. The zero-order chi connectivity index (χ0) is 29.4. The molecule has 41 heavy (non-hydrogen) atoms. The molecule has 0 saturated heterocycles. The Morgan fingerprint density at radius 2 is 1.46 bits per heavy atom. The molecule has 4 rings (SSSR count). The van der Waals surface area contributed by atoms with Gasteiger partial charge < -0.3 is 21.1 Å². The fourth-order valence-electron chi connectivity index (χ4n) is 4.15. The third-order valence-corrected chi connectivity index (χ3v) is 6.42. The number of amides is 2. The number of carbonyl (C=O) groups is 3. The highest BCUT2D eigenvalue weighted by Gasteiger charge is 2.21. The second-order valence-corrected chi connectivity index (χ2v) is 9.80. The fourth-order valence-corrected chi connectivity index (χ4v) is 4.15.